The van der Waals surface area contributed by atoms with Crippen LogP contribution in [0.5, 0.6) is 17.2 Å². The molecule has 0 saturated carbocycles. The van der Waals surface area contributed by atoms with Gasteiger partial charge in [0.15, 0.2) is 19.2 Å². The average molecular weight is 432 g/mol. The van der Waals surface area contributed by atoms with Crippen molar-refractivity contribution >= 4 is 33.7 Å². The first kappa shape index (κ1) is 17.6. The van der Waals surface area contributed by atoms with Crippen molar-refractivity contribution in [2.45, 2.75) is 6.61 Å². The first-order valence-corrected chi connectivity index (χ1v) is 8.83. The Kier molecular flexibility index (Phi) is 4.59. The number of nitrogens with two attached hydrogens (primary N) is 1. The summed E-state index contributed by atoms with van der Waals surface area (Å²) in [6, 6.07) is 8.49. The molecular weight excluding hydrogens is 418 g/mol. The van der Waals surface area contributed by atoms with Crippen LogP contribution in [-0.4, -0.2) is 25.1 Å². The molecule has 0 fully saturated rings. The van der Waals surface area contributed by atoms with Crippen LogP contribution in [0, 0.1) is 0 Å². The van der Waals surface area contributed by atoms with Crippen LogP contribution in [0.2, 0.25) is 0 Å². The minimum Gasteiger partial charge on any atom is -0.484 e. The number of primary amides is 1. The van der Waals surface area contributed by atoms with E-state index in [-0.39, 0.29) is 24.9 Å². The van der Waals surface area contributed by atoms with Gasteiger partial charge in [-0.1, -0.05) is 15.9 Å². The lowest BCUT2D eigenvalue weighted by Gasteiger charge is -2.20. The summed E-state index contributed by atoms with van der Waals surface area (Å²) in [6.45, 7) is 0.333. The Morgan fingerprint density at radius 2 is 2.15 bits per heavy atom. The molecule has 2 aliphatic heterocycles. The highest BCUT2D eigenvalue weighted by molar-refractivity contribution is 9.10. The zero-order valence-corrected chi connectivity index (χ0v) is 15.6. The number of hydrogen-bond acceptors (Lipinski definition) is 6. The minimum atomic E-state index is -0.587. The van der Waals surface area contributed by atoms with Crippen LogP contribution in [-0.2, 0) is 16.1 Å². The Bertz CT molecular complexity index is 984. The van der Waals surface area contributed by atoms with E-state index in [2.05, 4.69) is 15.9 Å². The van der Waals surface area contributed by atoms with Gasteiger partial charge in [0.1, 0.15) is 17.2 Å². The predicted octanol–water partition coefficient (Wildman–Crippen LogP) is 2.80. The molecule has 8 heteroatoms. The van der Waals surface area contributed by atoms with Gasteiger partial charge in [-0.2, -0.15) is 0 Å². The number of amides is 1. The van der Waals surface area contributed by atoms with Crippen LogP contribution in [0.3, 0.4) is 0 Å². The molecule has 27 heavy (non-hydrogen) atoms. The third-order valence-electron chi connectivity index (χ3n) is 4.01. The lowest BCUT2D eigenvalue weighted by atomic mass is 10.1. The van der Waals surface area contributed by atoms with E-state index < -0.39 is 5.91 Å². The van der Waals surface area contributed by atoms with E-state index in [0.717, 1.165) is 10.0 Å². The first-order valence-electron chi connectivity index (χ1n) is 8.03. The highest BCUT2D eigenvalue weighted by atomic mass is 79.9. The van der Waals surface area contributed by atoms with E-state index in [1.807, 2.05) is 12.1 Å². The molecule has 0 unspecified atom stereocenters. The maximum Gasteiger partial charge on any atom is 0.255 e. The maximum absolute atomic E-state index is 12.6. The second-order valence-corrected chi connectivity index (χ2v) is 6.86. The number of hydrogen-bond donors (Lipinski definition) is 1. The lowest BCUT2D eigenvalue weighted by Crippen LogP contribution is -2.19. The number of benzene rings is 2. The van der Waals surface area contributed by atoms with Crippen LogP contribution in [0.1, 0.15) is 21.5 Å². The number of ether oxygens (including phenoxy) is 4. The third kappa shape index (κ3) is 3.54. The fraction of sp³-hybridized carbons (Fsp3) is 0.158. The fourth-order valence-electron chi connectivity index (χ4n) is 2.87. The molecule has 2 N–H and O–H groups in total. The summed E-state index contributed by atoms with van der Waals surface area (Å²) in [4.78, 5) is 23.5. The van der Waals surface area contributed by atoms with Gasteiger partial charge in [-0.3, -0.25) is 9.59 Å². The molecule has 0 atom stereocenters. The van der Waals surface area contributed by atoms with Crippen molar-refractivity contribution in [1.29, 1.82) is 0 Å². The van der Waals surface area contributed by atoms with E-state index in [0.29, 0.717) is 35.0 Å². The van der Waals surface area contributed by atoms with E-state index in [9.17, 15) is 9.59 Å². The molecule has 0 saturated heterocycles. The molecule has 2 aromatic carbocycles. The molecule has 138 valence electrons. The minimum absolute atomic E-state index is 0.153. The molecule has 2 heterocycles. The highest BCUT2D eigenvalue weighted by Gasteiger charge is 2.28. The topological polar surface area (TPSA) is 97.1 Å². The summed E-state index contributed by atoms with van der Waals surface area (Å²) in [7, 11) is 0. The van der Waals surface area contributed by atoms with Crippen LogP contribution < -0.4 is 19.9 Å². The average Bonchev–Trinajstić information content (AvgIpc) is 2.95. The van der Waals surface area contributed by atoms with Gasteiger partial charge in [0.05, 0.1) is 12.2 Å². The summed E-state index contributed by atoms with van der Waals surface area (Å²) in [6.07, 6.45) is 1.64. The largest absolute Gasteiger partial charge is 0.484 e. The second kappa shape index (κ2) is 7.05. The van der Waals surface area contributed by atoms with Gasteiger partial charge in [-0.25, -0.2) is 0 Å². The predicted molar refractivity (Wildman–Crippen MR) is 98.5 cm³/mol. The van der Waals surface area contributed by atoms with Crippen molar-refractivity contribution in [3.63, 3.8) is 0 Å². The lowest BCUT2D eigenvalue weighted by molar-refractivity contribution is -0.119. The highest BCUT2D eigenvalue weighted by Crippen LogP contribution is 2.38. The van der Waals surface area contributed by atoms with E-state index in [4.69, 9.17) is 24.7 Å². The van der Waals surface area contributed by atoms with Crippen LogP contribution in [0.4, 0.5) is 0 Å². The number of carbonyl (C=O) groups excluding carboxylic acids is 2. The molecule has 0 bridgehead atoms. The van der Waals surface area contributed by atoms with Crippen molar-refractivity contribution in [1.82, 2.24) is 0 Å². The molecule has 0 spiro atoms. The van der Waals surface area contributed by atoms with Gasteiger partial charge in [-0.15, -0.1) is 0 Å². The number of rotatable bonds is 4. The smallest absolute Gasteiger partial charge is 0.255 e. The number of allylic oxidation sites excluding steroid dienone is 1. The number of fused-ring (bicyclic) bond motifs is 2. The van der Waals surface area contributed by atoms with E-state index in [1.54, 1.807) is 24.3 Å². The Hall–Kier alpha value is -2.84. The van der Waals surface area contributed by atoms with Crippen molar-refractivity contribution in [2.75, 3.05) is 13.4 Å². The van der Waals surface area contributed by atoms with E-state index >= 15 is 0 Å². The molecule has 1 amide bonds. The van der Waals surface area contributed by atoms with Crippen molar-refractivity contribution in [3.05, 3.63) is 57.3 Å². The van der Waals surface area contributed by atoms with Gasteiger partial charge in [-0.05, 0) is 30.3 Å². The van der Waals surface area contributed by atoms with Gasteiger partial charge in [0.2, 0.25) is 5.78 Å². The zero-order chi connectivity index (χ0) is 19.0. The van der Waals surface area contributed by atoms with Crippen LogP contribution >= 0.6 is 15.9 Å². The molecule has 0 aromatic heterocycles. The molecule has 0 radical (unpaired) electrons. The van der Waals surface area contributed by atoms with Crippen molar-refractivity contribution in [3.8, 4) is 17.2 Å². The Morgan fingerprint density at radius 1 is 1.30 bits per heavy atom. The van der Waals surface area contributed by atoms with Crippen LogP contribution in [0.25, 0.3) is 6.08 Å². The molecule has 4 rings (SSSR count). The Balaban J connectivity index is 1.65. The first-order chi connectivity index (χ1) is 13.0. The van der Waals surface area contributed by atoms with Gasteiger partial charge >= 0.3 is 0 Å². The SMILES string of the molecule is NC(=O)COc1ccc2c(c1)O/C(=C\c1cc(Br)cc3c1OCOC3)C2=O. The standard InChI is InChI=1S/C19H14BrNO6/c20-12-3-10(19-11(4-12)7-24-9-26-19)5-16-18(23)14-2-1-13(6-15(14)27-16)25-8-17(21)22/h1-6H,7-9H2,(H2,21,22)/b16-5-. The molecule has 0 aliphatic carbocycles. The summed E-state index contributed by atoms with van der Waals surface area (Å²) >= 11 is 3.45. The normalized spacial score (nSPS) is 16.3. The number of Topliss-reactive ketones (excluding diaryl/α,β-unsaturated/α-hetero) is 1. The Morgan fingerprint density at radius 3 is 2.96 bits per heavy atom. The quantitative estimate of drug-likeness (QED) is 0.747. The van der Waals surface area contributed by atoms with Gasteiger partial charge in [0, 0.05) is 21.7 Å². The molecule has 2 aliphatic rings. The monoisotopic (exact) mass is 431 g/mol. The molecule has 2 aromatic rings. The van der Waals surface area contributed by atoms with Gasteiger partial charge < -0.3 is 24.7 Å². The van der Waals surface area contributed by atoms with Crippen molar-refractivity contribution in [2.24, 2.45) is 5.73 Å². The zero-order valence-electron chi connectivity index (χ0n) is 14.0. The maximum atomic E-state index is 12.6. The molecule has 7 nitrogen and oxygen atoms in total. The van der Waals surface area contributed by atoms with Crippen LogP contribution in [0.15, 0.2) is 40.6 Å². The molecular formula is C19H14BrNO6. The summed E-state index contributed by atoms with van der Waals surface area (Å²) in [5.41, 5.74) is 7.08. The number of halogens is 1. The Labute approximate surface area is 162 Å². The number of carbonyl (C=O) groups is 2. The van der Waals surface area contributed by atoms with Crippen molar-refractivity contribution < 1.29 is 28.5 Å². The summed E-state index contributed by atoms with van der Waals surface area (Å²) < 4.78 is 22.7. The summed E-state index contributed by atoms with van der Waals surface area (Å²) in [5, 5.41) is 0. The van der Waals surface area contributed by atoms with E-state index in [1.165, 1.54) is 0 Å². The number of ketones is 1. The third-order valence-corrected chi connectivity index (χ3v) is 4.47. The van der Waals surface area contributed by atoms with Gasteiger partial charge in [0.25, 0.3) is 5.91 Å². The second-order valence-electron chi connectivity index (χ2n) is 5.95. The fourth-order valence-corrected chi connectivity index (χ4v) is 3.39. The summed E-state index contributed by atoms with van der Waals surface area (Å²) in [5.74, 6) is 0.759.